The van der Waals surface area contributed by atoms with Crippen LogP contribution in [0.15, 0.2) is 23.7 Å². The predicted octanol–water partition coefficient (Wildman–Crippen LogP) is 3.85. The number of benzene rings is 1. The highest BCUT2D eigenvalue weighted by Crippen LogP contribution is 2.39. The zero-order valence-corrected chi connectivity index (χ0v) is 16.4. The van der Waals surface area contributed by atoms with Gasteiger partial charge < -0.3 is 19.4 Å². The summed E-state index contributed by atoms with van der Waals surface area (Å²) in [6.07, 6.45) is 4.35. The Balaban J connectivity index is 1.87. The molecule has 2 aliphatic rings. The van der Waals surface area contributed by atoms with Crippen molar-refractivity contribution in [3.63, 3.8) is 0 Å². The Morgan fingerprint density at radius 2 is 1.92 bits per heavy atom. The minimum absolute atomic E-state index is 0.284. The molecule has 0 amide bonds. The molecule has 3 rings (SSSR count). The lowest BCUT2D eigenvalue weighted by molar-refractivity contribution is 0.00578. The van der Waals surface area contributed by atoms with Crippen LogP contribution in [0.3, 0.4) is 0 Å². The van der Waals surface area contributed by atoms with Crippen LogP contribution in [0.5, 0.6) is 5.75 Å². The van der Waals surface area contributed by atoms with Crippen LogP contribution in [-0.4, -0.2) is 38.5 Å². The molecular formula is C20H29BFNO3. The SMILES string of the molecule is CNCC(=Cc1cc(F)ccc1OCC1CC1)B1OC(C)(C)C(C)(C)O1. The number of likely N-dealkylation sites (N-methyl/N-ethyl adjacent to an activating group) is 1. The molecule has 142 valence electrons. The third kappa shape index (κ3) is 4.30. The molecule has 1 heterocycles. The second kappa shape index (κ2) is 7.33. The first-order valence-electron chi connectivity index (χ1n) is 9.35. The van der Waals surface area contributed by atoms with E-state index in [2.05, 4.69) is 5.32 Å². The summed E-state index contributed by atoms with van der Waals surface area (Å²) in [6.45, 7) is 9.36. The highest BCUT2D eigenvalue weighted by Gasteiger charge is 2.52. The summed E-state index contributed by atoms with van der Waals surface area (Å²) in [4.78, 5) is 0. The van der Waals surface area contributed by atoms with Gasteiger partial charge in [-0.2, -0.15) is 0 Å². The molecule has 0 radical (unpaired) electrons. The Morgan fingerprint density at radius 3 is 2.50 bits per heavy atom. The van der Waals surface area contributed by atoms with Crippen molar-refractivity contribution in [1.29, 1.82) is 0 Å². The molecule has 0 aromatic heterocycles. The van der Waals surface area contributed by atoms with Crippen LogP contribution in [0.2, 0.25) is 0 Å². The van der Waals surface area contributed by atoms with Gasteiger partial charge in [-0.1, -0.05) is 6.08 Å². The maximum Gasteiger partial charge on any atom is 0.491 e. The van der Waals surface area contributed by atoms with Crippen LogP contribution in [0.1, 0.15) is 46.1 Å². The van der Waals surface area contributed by atoms with Crippen molar-refractivity contribution >= 4 is 13.2 Å². The van der Waals surface area contributed by atoms with Gasteiger partial charge in [0.2, 0.25) is 0 Å². The Morgan fingerprint density at radius 1 is 1.27 bits per heavy atom. The normalized spacial score (nSPS) is 21.9. The second-order valence-corrected chi connectivity index (χ2v) is 8.27. The molecule has 1 saturated carbocycles. The van der Waals surface area contributed by atoms with Gasteiger partial charge in [0.15, 0.2) is 0 Å². The maximum absolute atomic E-state index is 13.9. The van der Waals surface area contributed by atoms with Gasteiger partial charge in [-0.3, -0.25) is 0 Å². The van der Waals surface area contributed by atoms with E-state index in [4.69, 9.17) is 14.0 Å². The van der Waals surface area contributed by atoms with Crippen LogP contribution in [0.25, 0.3) is 6.08 Å². The quantitative estimate of drug-likeness (QED) is 0.749. The number of hydrogen-bond acceptors (Lipinski definition) is 4. The molecule has 1 aliphatic heterocycles. The second-order valence-electron chi connectivity index (χ2n) is 8.27. The third-order valence-corrected chi connectivity index (χ3v) is 5.42. The lowest BCUT2D eigenvalue weighted by Gasteiger charge is -2.32. The van der Waals surface area contributed by atoms with E-state index in [9.17, 15) is 4.39 Å². The van der Waals surface area contributed by atoms with Crippen molar-refractivity contribution in [2.45, 2.75) is 51.7 Å². The summed E-state index contributed by atoms with van der Waals surface area (Å²) in [5.74, 6) is 1.05. The zero-order chi connectivity index (χ0) is 18.9. The monoisotopic (exact) mass is 361 g/mol. The van der Waals surface area contributed by atoms with Crippen LogP contribution < -0.4 is 10.1 Å². The lowest BCUT2D eigenvalue weighted by Crippen LogP contribution is -2.41. The van der Waals surface area contributed by atoms with E-state index >= 15 is 0 Å². The Bertz CT molecular complexity index is 670. The fourth-order valence-electron chi connectivity index (χ4n) is 2.86. The van der Waals surface area contributed by atoms with Crippen LogP contribution in [0.4, 0.5) is 4.39 Å². The van der Waals surface area contributed by atoms with E-state index in [0.717, 1.165) is 5.47 Å². The largest absolute Gasteiger partial charge is 0.493 e. The van der Waals surface area contributed by atoms with E-state index in [1.54, 1.807) is 6.07 Å². The topological polar surface area (TPSA) is 39.7 Å². The Kier molecular flexibility index (Phi) is 5.47. The van der Waals surface area contributed by atoms with Crippen molar-refractivity contribution in [1.82, 2.24) is 5.32 Å². The highest BCUT2D eigenvalue weighted by molar-refractivity contribution is 6.56. The number of rotatable bonds is 7. The fourth-order valence-corrected chi connectivity index (χ4v) is 2.86. The molecule has 1 aromatic rings. The fraction of sp³-hybridized carbons (Fsp3) is 0.600. The van der Waals surface area contributed by atoms with E-state index in [-0.39, 0.29) is 5.82 Å². The van der Waals surface area contributed by atoms with Crippen LogP contribution in [-0.2, 0) is 9.31 Å². The summed E-state index contributed by atoms with van der Waals surface area (Å²) < 4.78 is 32.1. The van der Waals surface area contributed by atoms with Crippen molar-refractivity contribution in [3.05, 3.63) is 35.1 Å². The number of ether oxygens (including phenoxy) is 1. The number of nitrogens with one attached hydrogen (secondary N) is 1. The molecule has 0 unspecified atom stereocenters. The summed E-state index contributed by atoms with van der Waals surface area (Å²) in [6, 6.07) is 4.64. The maximum atomic E-state index is 13.9. The van der Waals surface area contributed by atoms with Crippen LogP contribution in [0, 0.1) is 11.7 Å². The zero-order valence-electron chi connectivity index (χ0n) is 16.4. The molecule has 26 heavy (non-hydrogen) atoms. The van der Waals surface area contributed by atoms with E-state index < -0.39 is 18.3 Å². The van der Waals surface area contributed by atoms with Crippen LogP contribution >= 0.6 is 0 Å². The van der Waals surface area contributed by atoms with Gasteiger partial charge in [-0.05, 0) is 77.2 Å². The molecule has 1 aliphatic carbocycles. The molecule has 1 N–H and O–H groups in total. The molecule has 0 atom stereocenters. The summed E-state index contributed by atoms with van der Waals surface area (Å²) in [7, 11) is 1.39. The molecule has 2 fully saturated rings. The number of hydrogen-bond donors (Lipinski definition) is 1. The molecule has 1 aromatic carbocycles. The average Bonchev–Trinajstić information content (AvgIpc) is 3.33. The van der Waals surface area contributed by atoms with Crippen molar-refractivity contribution in [2.24, 2.45) is 5.92 Å². The van der Waals surface area contributed by atoms with Gasteiger partial charge >= 0.3 is 7.12 Å². The number of halogens is 1. The molecular weight excluding hydrogens is 332 g/mol. The first-order valence-corrected chi connectivity index (χ1v) is 9.35. The van der Waals surface area contributed by atoms with Gasteiger partial charge in [-0.25, -0.2) is 4.39 Å². The molecule has 1 saturated heterocycles. The van der Waals surface area contributed by atoms with Gasteiger partial charge in [0.1, 0.15) is 11.6 Å². The predicted molar refractivity (Wildman–Crippen MR) is 103 cm³/mol. The van der Waals surface area contributed by atoms with Gasteiger partial charge in [0, 0.05) is 12.1 Å². The van der Waals surface area contributed by atoms with E-state index in [1.165, 1.54) is 25.0 Å². The third-order valence-electron chi connectivity index (χ3n) is 5.42. The van der Waals surface area contributed by atoms with E-state index in [1.807, 2.05) is 40.8 Å². The first kappa shape index (κ1) is 19.4. The van der Waals surface area contributed by atoms with Gasteiger partial charge in [0.25, 0.3) is 0 Å². The standard InChI is InChI=1S/C20H29BFNO3/c1-19(2)20(3,4)26-21(25-19)16(12-23-5)10-15-11-17(22)8-9-18(15)24-13-14-6-7-14/h8-11,14,23H,6-7,12-13H2,1-5H3. The lowest BCUT2D eigenvalue weighted by atomic mass is 9.77. The highest BCUT2D eigenvalue weighted by atomic mass is 19.1. The van der Waals surface area contributed by atoms with Crippen molar-refractivity contribution in [3.8, 4) is 5.75 Å². The van der Waals surface area contributed by atoms with Gasteiger partial charge in [-0.15, -0.1) is 0 Å². The average molecular weight is 361 g/mol. The Labute approximate surface area is 156 Å². The molecule has 0 bridgehead atoms. The van der Waals surface area contributed by atoms with E-state index in [0.29, 0.717) is 30.4 Å². The molecule has 4 nitrogen and oxygen atoms in total. The first-order chi connectivity index (χ1) is 12.2. The Hall–Kier alpha value is -1.37. The molecule has 6 heteroatoms. The summed E-state index contributed by atoms with van der Waals surface area (Å²) in [5, 5.41) is 3.15. The smallest absolute Gasteiger partial charge is 0.491 e. The van der Waals surface area contributed by atoms with Crippen molar-refractivity contribution in [2.75, 3.05) is 20.2 Å². The summed E-state index contributed by atoms with van der Waals surface area (Å²) in [5.41, 5.74) is 0.786. The summed E-state index contributed by atoms with van der Waals surface area (Å²) >= 11 is 0. The minimum Gasteiger partial charge on any atom is -0.493 e. The molecule has 0 spiro atoms. The van der Waals surface area contributed by atoms with Crippen molar-refractivity contribution < 1.29 is 18.4 Å². The van der Waals surface area contributed by atoms with Gasteiger partial charge in [0.05, 0.1) is 17.8 Å². The minimum atomic E-state index is -0.480.